The van der Waals surface area contributed by atoms with Crippen LogP contribution < -0.4 is 10.6 Å². The maximum Gasteiger partial charge on any atom is 0.246 e. The number of carbonyl (C=O) groups is 3. The molecular formula is C28H41FN4O4. The zero-order chi connectivity index (χ0) is 27.5. The predicted molar refractivity (Wildman–Crippen MR) is 139 cm³/mol. The lowest BCUT2D eigenvalue weighted by molar-refractivity contribution is -0.141. The Kier molecular flexibility index (Phi) is 9.00. The number of ether oxygens (including phenoxy) is 1. The first-order chi connectivity index (χ1) is 17.3. The predicted octanol–water partition coefficient (Wildman–Crippen LogP) is 3.18. The van der Waals surface area contributed by atoms with Gasteiger partial charge in [-0.2, -0.15) is 0 Å². The third kappa shape index (κ3) is 6.69. The van der Waals surface area contributed by atoms with Crippen molar-refractivity contribution in [1.29, 1.82) is 0 Å². The Morgan fingerprint density at radius 1 is 1.14 bits per heavy atom. The molecule has 0 radical (unpaired) electrons. The first kappa shape index (κ1) is 28.6. The minimum Gasteiger partial charge on any atom is -0.489 e. The highest BCUT2D eigenvalue weighted by molar-refractivity contribution is 5.91. The van der Waals surface area contributed by atoms with Crippen molar-refractivity contribution >= 4 is 17.7 Å². The lowest BCUT2D eigenvalue weighted by Crippen LogP contribution is -2.58. The number of nitrogens with one attached hydrogen (secondary N) is 2. The Bertz CT molecular complexity index is 1020. The molecule has 4 unspecified atom stereocenters. The number of carbonyl (C=O) groups excluding carboxylic acids is 3. The molecule has 4 atom stereocenters. The summed E-state index contributed by atoms with van der Waals surface area (Å²) in [5.74, 6) is -0.0775. The summed E-state index contributed by atoms with van der Waals surface area (Å²) < 4.78 is 19.5. The van der Waals surface area contributed by atoms with Gasteiger partial charge in [-0.05, 0) is 49.4 Å². The Labute approximate surface area is 219 Å². The van der Waals surface area contributed by atoms with Gasteiger partial charge in [0.15, 0.2) is 0 Å². The number of rotatable bonds is 9. The number of fused-ring (bicyclic) bond motifs is 1. The molecule has 37 heavy (non-hydrogen) atoms. The Morgan fingerprint density at radius 2 is 1.78 bits per heavy atom. The van der Waals surface area contributed by atoms with Crippen molar-refractivity contribution in [2.45, 2.75) is 85.2 Å². The summed E-state index contributed by atoms with van der Waals surface area (Å²) in [5.41, 5.74) is 0.241. The molecule has 9 heteroatoms. The maximum absolute atomic E-state index is 14.0. The maximum atomic E-state index is 14.0. The highest BCUT2D eigenvalue weighted by atomic mass is 19.1. The van der Waals surface area contributed by atoms with Crippen molar-refractivity contribution in [2.24, 2.45) is 11.3 Å². The van der Waals surface area contributed by atoms with Gasteiger partial charge in [-0.3, -0.25) is 14.4 Å². The number of hydrogen-bond donors (Lipinski definition) is 2. The number of likely N-dealkylation sites (N-methyl/N-ethyl adjacent to an activating group) is 1. The van der Waals surface area contributed by atoms with Crippen molar-refractivity contribution in [3.05, 3.63) is 47.6 Å². The van der Waals surface area contributed by atoms with Gasteiger partial charge in [0, 0.05) is 19.2 Å². The van der Waals surface area contributed by atoms with Crippen molar-refractivity contribution in [1.82, 2.24) is 20.4 Å². The van der Waals surface area contributed by atoms with Gasteiger partial charge in [0.1, 0.15) is 30.3 Å². The molecule has 1 fully saturated rings. The molecule has 0 aliphatic carbocycles. The molecule has 3 rings (SSSR count). The molecule has 2 aliphatic rings. The van der Waals surface area contributed by atoms with E-state index < -0.39 is 23.5 Å². The Balaban J connectivity index is 1.88. The highest BCUT2D eigenvalue weighted by Gasteiger charge is 2.51. The third-order valence-corrected chi connectivity index (χ3v) is 6.98. The van der Waals surface area contributed by atoms with Crippen LogP contribution in [0.3, 0.4) is 0 Å². The molecule has 1 aromatic rings. The van der Waals surface area contributed by atoms with E-state index in [0.717, 1.165) is 5.56 Å². The van der Waals surface area contributed by atoms with Gasteiger partial charge in [-0.1, -0.05) is 46.8 Å². The van der Waals surface area contributed by atoms with E-state index in [1.807, 2.05) is 34.6 Å². The van der Waals surface area contributed by atoms with Gasteiger partial charge in [0.25, 0.3) is 0 Å². The van der Waals surface area contributed by atoms with Crippen LogP contribution in [0.1, 0.15) is 59.9 Å². The standard InChI is InChI=1S/C28H41FN4O4/c1-17(2)14-23(34)33-15-22(37-16-19-8-10-20(29)11-9-19)24-21(33)12-13-32(24)27(36)25(28(4,5)6)31-26(35)18(3)30-7/h8-11,15,17-18,21,24-25,30H,12-14,16H2,1-7H3,(H,31,35). The summed E-state index contributed by atoms with van der Waals surface area (Å²) in [6.45, 7) is 12.1. The van der Waals surface area contributed by atoms with Crippen LogP contribution in [0.25, 0.3) is 0 Å². The normalized spacial score (nSPS) is 20.9. The summed E-state index contributed by atoms with van der Waals surface area (Å²) in [7, 11) is 1.69. The smallest absolute Gasteiger partial charge is 0.246 e. The molecule has 204 valence electrons. The zero-order valence-corrected chi connectivity index (χ0v) is 23.0. The van der Waals surface area contributed by atoms with Crippen LogP contribution in [0.5, 0.6) is 0 Å². The van der Waals surface area contributed by atoms with Gasteiger partial charge >= 0.3 is 0 Å². The zero-order valence-electron chi connectivity index (χ0n) is 23.0. The highest BCUT2D eigenvalue weighted by Crippen LogP contribution is 2.37. The van der Waals surface area contributed by atoms with Crippen LogP contribution in [-0.2, 0) is 25.7 Å². The van der Waals surface area contributed by atoms with E-state index in [-0.39, 0.29) is 42.1 Å². The minimum absolute atomic E-state index is 0.0109. The molecule has 2 N–H and O–H groups in total. The summed E-state index contributed by atoms with van der Waals surface area (Å²) in [4.78, 5) is 43.2. The quantitative estimate of drug-likeness (QED) is 0.526. The van der Waals surface area contributed by atoms with Crippen LogP contribution in [0.4, 0.5) is 4.39 Å². The number of hydrogen-bond acceptors (Lipinski definition) is 5. The molecule has 0 bridgehead atoms. The molecule has 3 amide bonds. The van der Waals surface area contributed by atoms with Crippen molar-refractivity contribution in [3.63, 3.8) is 0 Å². The van der Waals surface area contributed by atoms with Crippen LogP contribution in [0, 0.1) is 17.2 Å². The fourth-order valence-corrected chi connectivity index (χ4v) is 4.76. The summed E-state index contributed by atoms with van der Waals surface area (Å²) in [6.07, 6.45) is 2.72. The van der Waals surface area contributed by atoms with Crippen LogP contribution in [0.2, 0.25) is 0 Å². The van der Waals surface area contributed by atoms with E-state index >= 15 is 0 Å². The molecular weight excluding hydrogens is 475 g/mol. The van der Waals surface area contributed by atoms with E-state index in [2.05, 4.69) is 10.6 Å². The molecule has 2 aliphatic heterocycles. The summed E-state index contributed by atoms with van der Waals surface area (Å²) >= 11 is 0. The van der Waals surface area contributed by atoms with E-state index in [4.69, 9.17) is 4.74 Å². The molecule has 0 spiro atoms. The first-order valence-corrected chi connectivity index (χ1v) is 13.0. The second kappa shape index (κ2) is 11.6. The third-order valence-electron chi connectivity index (χ3n) is 6.98. The second-order valence-corrected chi connectivity index (χ2v) is 11.5. The van der Waals surface area contributed by atoms with Gasteiger partial charge in [-0.15, -0.1) is 0 Å². The van der Waals surface area contributed by atoms with Crippen molar-refractivity contribution < 1.29 is 23.5 Å². The van der Waals surface area contributed by atoms with Gasteiger partial charge < -0.3 is 25.2 Å². The molecule has 1 saturated heterocycles. The first-order valence-electron chi connectivity index (χ1n) is 13.0. The van der Waals surface area contributed by atoms with Crippen LogP contribution >= 0.6 is 0 Å². The van der Waals surface area contributed by atoms with Gasteiger partial charge in [0.05, 0.1) is 12.1 Å². The monoisotopic (exact) mass is 516 g/mol. The largest absolute Gasteiger partial charge is 0.489 e. The van der Waals surface area contributed by atoms with Crippen LogP contribution in [-0.4, -0.2) is 65.3 Å². The number of likely N-dealkylation sites (tertiary alicyclic amines) is 1. The van der Waals surface area contributed by atoms with E-state index in [0.29, 0.717) is 25.1 Å². The van der Waals surface area contributed by atoms with Crippen molar-refractivity contribution in [2.75, 3.05) is 13.6 Å². The fourth-order valence-electron chi connectivity index (χ4n) is 4.76. The fraction of sp³-hybridized carbons (Fsp3) is 0.607. The SMILES string of the molecule is CNC(C)C(=O)NC(C(=O)N1CCC2C1C(OCc1ccc(F)cc1)=CN2C(=O)CC(C)C)C(C)(C)C. The average Bonchev–Trinajstić information content (AvgIpc) is 3.41. The minimum atomic E-state index is -0.756. The summed E-state index contributed by atoms with van der Waals surface area (Å²) in [6, 6.07) is 4.15. The molecule has 2 heterocycles. The lowest BCUT2D eigenvalue weighted by atomic mass is 9.85. The van der Waals surface area contributed by atoms with E-state index in [1.165, 1.54) is 12.1 Å². The van der Waals surface area contributed by atoms with Gasteiger partial charge in [-0.25, -0.2) is 4.39 Å². The number of halogens is 1. The molecule has 1 aromatic carbocycles. The molecule has 0 saturated carbocycles. The number of amides is 3. The Morgan fingerprint density at radius 3 is 2.35 bits per heavy atom. The van der Waals surface area contributed by atoms with Crippen LogP contribution in [0.15, 0.2) is 36.2 Å². The molecule has 0 aromatic heterocycles. The summed E-state index contributed by atoms with van der Waals surface area (Å²) in [5, 5.41) is 5.84. The lowest BCUT2D eigenvalue weighted by Gasteiger charge is -2.36. The van der Waals surface area contributed by atoms with Crippen molar-refractivity contribution in [3.8, 4) is 0 Å². The van der Waals surface area contributed by atoms with Gasteiger partial charge in [0.2, 0.25) is 17.7 Å². The number of benzene rings is 1. The average molecular weight is 517 g/mol. The molecule has 8 nitrogen and oxygen atoms in total. The second-order valence-electron chi connectivity index (χ2n) is 11.5. The Hall–Kier alpha value is -2.94. The number of nitrogens with zero attached hydrogens (tertiary/aromatic N) is 2. The van der Waals surface area contributed by atoms with E-state index in [1.54, 1.807) is 42.1 Å². The topological polar surface area (TPSA) is 91.0 Å². The van der Waals surface area contributed by atoms with E-state index in [9.17, 15) is 18.8 Å².